The van der Waals surface area contributed by atoms with E-state index in [1.54, 1.807) is 0 Å². The number of aryl methyl sites for hydroxylation is 1. The molecular weight excluding hydrogens is 465 g/mol. The van der Waals surface area contributed by atoms with Gasteiger partial charge in [0.1, 0.15) is 6.54 Å². The van der Waals surface area contributed by atoms with Crippen molar-refractivity contribution in [1.29, 1.82) is 0 Å². The van der Waals surface area contributed by atoms with Crippen LogP contribution in [-0.4, -0.2) is 41.5 Å². The van der Waals surface area contributed by atoms with Crippen molar-refractivity contribution in [3.63, 3.8) is 0 Å². The molecular formula is C18H25ClIN5O. The lowest BCUT2D eigenvalue weighted by Crippen LogP contribution is -2.39. The fraction of sp³-hybridized carbons (Fsp3) is 0.333. The van der Waals surface area contributed by atoms with E-state index in [-0.39, 0.29) is 36.4 Å². The fourth-order valence-corrected chi connectivity index (χ4v) is 2.65. The van der Waals surface area contributed by atoms with Crippen LogP contribution in [0.4, 0.5) is 5.69 Å². The number of amides is 1. The summed E-state index contributed by atoms with van der Waals surface area (Å²) in [5.41, 5.74) is 1.83. The summed E-state index contributed by atoms with van der Waals surface area (Å²) in [7, 11) is 3.88. The number of nitrogens with zero attached hydrogens (tertiary/aromatic N) is 3. The molecule has 1 aromatic carbocycles. The Morgan fingerprint density at radius 3 is 2.58 bits per heavy atom. The van der Waals surface area contributed by atoms with Crippen LogP contribution in [-0.2, 0) is 18.4 Å². The van der Waals surface area contributed by atoms with Crippen LogP contribution in [0.2, 0.25) is 5.02 Å². The lowest BCUT2D eigenvalue weighted by molar-refractivity contribution is -0.114. The lowest BCUT2D eigenvalue weighted by atomic mass is 10.3. The van der Waals surface area contributed by atoms with Gasteiger partial charge in [0.25, 0.3) is 0 Å². The van der Waals surface area contributed by atoms with E-state index in [2.05, 4.69) is 15.6 Å². The quantitative estimate of drug-likeness (QED) is 0.372. The third-order valence-electron chi connectivity index (χ3n) is 3.60. The Kier molecular flexibility index (Phi) is 9.50. The largest absolute Gasteiger partial charge is 0.357 e. The average Bonchev–Trinajstić information content (AvgIpc) is 2.89. The molecule has 6 nitrogen and oxygen atoms in total. The van der Waals surface area contributed by atoms with Gasteiger partial charge in [-0.25, -0.2) is 4.99 Å². The number of benzene rings is 1. The average molecular weight is 490 g/mol. The molecule has 0 atom stereocenters. The number of halogens is 2. The molecule has 0 radical (unpaired) electrons. The van der Waals surface area contributed by atoms with E-state index in [1.807, 2.05) is 73.1 Å². The van der Waals surface area contributed by atoms with Crippen LogP contribution in [0.25, 0.3) is 0 Å². The van der Waals surface area contributed by atoms with Gasteiger partial charge in [0.15, 0.2) is 5.96 Å². The van der Waals surface area contributed by atoms with Gasteiger partial charge in [-0.05, 0) is 25.1 Å². The molecule has 1 heterocycles. The molecule has 0 saturated carbocycles. The third-order valence-corrected chi connectivity index (χ3v) is 3.81. The third kappa shape index (κ3) is 6.87. The van der Waals surface area contributed by atoms with Gasteiger partial charge < -0.3 is 20.1 Å². The Hall–Kier alpha value is -1.74. The Labute approximate surface area is 176 Å². The van der Waals surface area contributed by atoms with E-state index in [4.69, 9.17) is 11.6 Å². The second kappa shape index (κ2) is 11.1. The highest BCUT2D eigenvalue weighted by molar-refractivity contribution is 14.0. The van der Waals surface area contributed by atoms with Crippen molar-refractivity contribution in [2.24, 2.45) is 12.0 Å². The van der Waals surface area contributed by atoms with Crippen molar-refractivity contribution in [2.45, 2.75) is 13.5 Å². The normalized spacial score (nSPS) is 10.8. The van der Waals surface area contributed by atoms with Gasteiger partial charge in [0.2, 0.25) is 5.91 Å². The molecule has 8 heteroatoms. The van der Waals surface area contributed by atoms with Crippen molar-refractivity contribution >= 4 is 53.1 Å². The molecule has 1 aromatic heterocycles. The Bertz CT molecular complexity index is 732. The smallest absolute Gasteiger partial charge is 0.246 e. The number of aliphatic imine (C=N–C) groups is 1. The standard InChI is InChI=1S/C18H24ClN5O.HI/c1-4-20-18(24(3)13-16-10-14(19)12-23(16)2)21-11-17(25)22-15-8-6-5-7-9-15;/h5-10,12H,4,11,13H2,1-3H3,(H,20,21)(H,22,25);1H. The summed E-state index contributed by atoms with van der Waals surface area (Å²) >= 11 is 6.03. The van der Waals surface area contributed by atoms with Crippen LogP contribution < -0.4 is 10.6 Å². The molecule has 0 fully saturated rings. The number of hydrogen-bond donors (Lipinski definition) is 2. The van der Waals surface area contributed by atoms with Crippen molar-refractivity contribution in [3.8, 4) is 0 Å². The number of guanidine groups is 1. The van der Waals surface area contributed by atoms with E-state index >= 15 is 0 Å². The number of aromatic nitrogens is 1. The van der Waals surface area contributed by atoms with Crippen LogP contribution in [0, 0.1) is 0 Å². The van der Waals surface area contributed by atoms with Gasteiger partial charge in [-0.3, -0.25) is 4.79 Å². The molecule has 0 aliphatic rings. The minimum absolute atomic E-state index is 0. The Balaban J connectivity index is 0.00000338. The number of rotatable bonds is 6. The minimum Gasteiger partial charge on any atom is -0.357 e. The summed E-state index contributed by atoms with van der Waals surface area (Å²) in [4.78, 5) is 18.5. The topological polar surface area (TPSA) is 61.7 Å². The Morgan fingerprint density at radius 2 is 2.00 bits per heavy atom. The van der Waals surface area contributed by atoms with Gasteiger partial charge in [-0.15, -0.1) is 24.0 Å². The summed E-state index contributed by atoms with van der Waals surface area (Å²) in [6, 6.07) is 11.3. The van der Waals surface area contributed by atoms with Crippen molar-refractivity contribution < 1.29 is 4.79 Å². The second-order valence-electron chi connectivity index (χ2n) is 5.70. The number of hydrogen-bond acceptors (Lipinski definition) is 2. The van der Waals surface area contributed by atoms with Gasteiger partial charge in [0.05, 0.1) is 11.6 Å². The first kappa shape index (κ1) is 22.3. The second-order valence-corrected chi connectivity index (χ2v) is 6.14. The Morgan fingerprint density at radius 1 is 1.31 bits per heavy atom. The van der Waals surface area contributed by atoms with Gasteiger partial charge >= 0.3 is 0 Å². The molecule has 0 aliphatic heterocycles. The van der Waals surface area contributed by atoms with Crippen molar-refractivity contribution in [3.05, 3.63) is 53.3 Å². The monoisotopic (exact) mass is 489 g/mol. The van der Waals surface area contributed by atoms with Gasteiger partial charge in [-0.2, -0.15) is 0 Å². The van der Waals surface area contributed by atoms with E-state index in [1.165, 1.54) is 0 Å². The van der Waals surface area contributed by atoms with E-state index in [0.717, 1.165) is 17.9 Å². The number of nitrogens with one attached hydrogen (secondary N) is 2. The van der Waals surface area contributed by atoms with Crippen LogP contribution >= 0.6 is 35.6 Å². The maximum absolute atomic E-state index is 12.1. The van der Waals surface area contributed by atoms with Crippen LogP contribution in [0.15, 0.2) is 47.6 Å². The highest BCUT2D eigenvalue weighted by Crippen LogP contribution is 2.14. The van der Waals surface area contributed by atoms with Crippen LogP contribution in [0.5, 0.6) is 0 Å². The fourth-order valence-electron chi connectivity index (χ4n) is 2.38. The predicted molar refractivity (Wildman–Crippen MR) is 118 cm³/mol. The number of carbonyl (C=O) groups excluding carboxylic acids is 1. The van der Waals surface area contributed by atoms with E-state index in [0.29, 0.717) is 17.5 Å². The van der Waals surface area contributed by atoms with Crippen molar-refractivity contribution in [1.82, 2.24) is 14.8 Å². The minimum atomic E-state index is -0.156. The molecule has 0 spiro atoms. The number of carbonyl (C=O) groups is 1. The first-order chi connectivity index (χ1) is 12.0. The van der Waals surface area contributed by atoms with Gasteiger partial charge in [-0.1, -0.05) is 29.8 Å². The summed E-state index contributed by atoms with van der Waals surface area (Å²) in [5.74, 6) is 0.514. The maximum atomic E-state index is 12.1. The molecule has 0 aliphatic carbocycles. The summed E-state index contributed by atoms with van der Waals surface area (Å²) in [5, 5.41) is 6.73. The zero-order valence-electron chi connectivity index (χ0n) is 15.2. The molecule has 2 N–H and O–H groups in total. The summed E-state index contributed by atoms with van der Waals surface area (Å²) in [6.45, 7) is 3.40. The zero-order chi connectivity index (χ0) is 18.2. The molecule has 0 saturated heterocycles. The molecule has 142 valence electrons. The van der Waals surface area contributed by atoms with E-state index in [9.17, 15) is 4.79 Å². The predicted octanol–water partition coefficient (Wildman–Crippen LogP) is 3.33. The van der Waals surface area contributed by atoms with Gasteiger partial charge in [0, 0.05) is 38.2 Å². The number of para-hydroxylation sites is 1. The highest BCUT2D eigenvalue weighted by atomic mass is 127. The molecule has 1 amide bonds. The molecule has 2 aromatic rings. The molecule has 2 rings (SSSR count). The SMILES string of the molecule is CCNC(=NCC(=O)Nc1ccccc1)N(C)Cc1cc(Cl)cn1C.I. The molecule has 0 unspecified atom stereocenters. The molecule has 26 heavy (non-hydrogen) atoms. The first-order valence-electron chi connectivity index (χ1n) is 8.14. The molecule has 0 bridgehead atoms. The van der Waals surface area contributed by atoms with E-state index < -0.39 is 0 Å². The van der Waals surface area contributed by atoms with Crippen molar-refractivity contribution in [2.75, 3.05) is 25.5 Å². The lowest BCUT2D eigenvalue weighted by Gasteiger charge is -2.22. The summed E-state index contributed by atoms with van der Waals surface area (Å²) < 4.78 is 1.98. The summed E-state index contributed by atoms with van der Waals surface area (Å²) in [6.07, 6.45) is 1.86. The zero-order valence-corrected chi connectivity index (χ0v) is 18.3. The van der Waals surface area contributed by atoms with Crippen LogP contribution in [0.1, 0.15) is 12.6 Å². The maximum Gasteiger partial charge on any atom is 0.246 e. The van der Waals surface area contributed by atoms with Crippen LogP contribution in [0.3, 0.4) is 0 Å². The number of anilines is 1. The highest BCUT2D eigenvalue weighted by Gasteiger charge is 2.10. The first-order valence-corrected chi connectivity index (χ1v) is 8.52.